The Morgan fingerprint density at radius 1 is 1.00 bits per heavy atom. The fraction of sp³-hybridized carbons (Fsp3) is 0.500. The molecule has 0 fully saturated rings. The molecule has 0 saturated heterocycles. The summed E-state index contributed by atoms with van der Waals surface area (Å²) in [6.45, 7) is 18.8. The summed E-state index contributed by atoms with van der Waals surface area (Å²) < 4.78 is 5.73. The van der Waals surface area contributed by atoms with Crippen molar-refractivity contribution in [3.8, 4) is 0 Å². The number of hydrogen-bond acceptors (Lipinski definition) is 1. The third-order valence-corrected chi connectivity index (χ3v) is 13.8. The Morgan fingerprint density at radius 2 is 1.61 bits per heavy atom. The van der Waals surface area contributed by atoms with Crippen molar-refractivity contribution in [3.63, 3.8) is 0 Å². The Bertz CT molecular complexity index is 666. The zero-order valence-electron chi connectivity index (χ0n) is 16.2. The molecule has 0 aromatic heterocycles. The van der Waals surface area contributed by atoms with Crippen LogP contribution in [0.3, 0.4) is 0 Å². The predicted molar refractivity (Wildman–Crippen MR) is 104 cm³/mol. The van der Waals surface area contributed by atoms with Gasteiger partial charge in [-0.15, -0.1) is 0 Å². The number of nitrogens with one attached hydrogen (secondary N) is 1. The van der Waals surface area contributed by atoms with Crippen LogP contribution in [-0.4, -0.2) is 15.1 Å². The molecule has 1 aromatic carbocycles. The predicted octanol–water partition coefficient (Wildman–Crippen LogP) is 3.44. The van der Waals surface area contributed by atoms with Gasteiger partial charge in [-0.25, -0.2) is 0 Å². The average Bonchev–Trinajstić information content (AvgIpc) is 2.61. The topological polar surface area (TPSA) is 12.0 Å². The SMILES string of the molecule is CC1=C(C)C(C)([SiH2]c2ccccc2C)[C]([TiH2][NH]C(C)(C)C)=C1C. The first kappa shape index (κ1) is 18.9. The second-order valence-electron chi connectivity index (χ2n) is 8.39. The van der Waals surface area contributed by atoms with Crippen molar-refractivity contribution in [1.82, 2.24) is 3.80 Å². The van der Waals surface area contributed by atoms with Gasteiger partial charge in [-0.3, -0.25) is 0 Å². The van der Waals surface area contributed by atoms with Gasteiger partial charge in [0.2, 0.25) is 0 Å². The Kier molecular flexibility index (Phi) is 5.63. The maximum absolute atomic E-state index is 3.92. The van der Waals surface area contributed by atoms with Crippen LogP contribution in [0, 0.1) is 6.92 Å². The van der Waals surface area contributed by atoms with Crippen LogP contribution in [-0.2, 0) is 19.4 Å². The number of rotatable bonds is 4. The first-order chi connectivity index (χ1) is 10.6. The molecule has 0 aliphatic heterocycles. The second-order valence-corrected chi connectivity index (χ2v) is 13.1. The van der Waals surface area contributed by atoms with Crippen LogP contribution >= 0.6 is 0 Å². The number of hydrogen-bond donors (Lipinski definition) is 1. The summed E-state index contributed by atoms with van der Waals surface area (Å²) in [6.07, 6.45) is 0. The molecule has 1 unspecified atom stereocenters. The quantitative estimate of drug-likeness (QED) is 0.808. The van der Waals surface area contributed by atoms with E-state index in [-0.39, 0.29) is 5.54 Å². The summed E-state index contributed by atoms with van der Waals surface area (Å²) >= 11 is -0.940. The molecule has 0 spiro atoms. The molecular formula is C20H33NSiTi. The molecule has 1 atom stereocenters. The molecule has 0 amide bonds. The molecule has 0 heterocycles. The van der Waals surface area contributed by atoms with E-state index in [4.69, 9.17) is 0 Å². The third-order valence-electron chi connectivity index (χ3n) is 5.67. The van der Waals surface area contributed by atoms with Crippen LogP contribution in [0.25, 0.3) is 0 Å². The van der Waals surface area contributed by atoms with Crippen LogP contribution in [0.5, 0.6) is 0 Å². The van der Waals surface area contributed by atoms with Gasteiger partial charge in [0, 0.05) is 0 Å². The molecule has 3 heteroatoms. The first-order valence-electron chi connectivity index (χ1n) is 8.74. The monoisotopic (exact) mass is 363 g/mol. The van der Waals surface area contributed by atoms with Gasteiger partial charge in [-0.2, -0.15) is 0 Å². The van der Waals surface area contributed by atoms with E-state index in [1.807, 2.05) is 3.88 Å². The van der Waals surface area contributed by atoms with Gasteiger partial charge in [0.1, 0.15) is 0 Å². The number of aryl methyl sites for hydroxylation is 1. The molecule has 1 aromatic rings. The van der Waals surface area contributed by atoms with Crippen molar-refractivity contribution in [3.05, 3.63) is 50.4 Å². The summed E-state index contributed by atoms with van der Waals surface area (Å²) in [4.78, 5) is 0. The Hall–Kier alpha value is -0.409. The summed E-state index contributed by atoms with van der Waals surface area (Å²) in [5.41, 5.74) is 6.52. The van der Waals surface area contributed by atoms with E-state index in [1.54, 1.807) is 21.9 Å². The molecular weight excluding hydrogens is 330 g/mol. The fourth-order valence-corrected chi connectivity index (χ4v) is 10.1. The van der Waals surface area contributed by atoms with E-state index in [9.17, 15) is 0 Å². The average molecular weight is 363 g/mol. The van der Waals surface area contributed by atoms with Gasteiger partial charge in [-0.1, -0.05) is 0 Å². The molecule has 126 valence electrons. The molecule has 23 heavy (non-hydrogen) atoms. The van der Waals surface area contributed by atoms with Crippen molar-refractivity contribution >= 4 is 14.7 Å². The Morgan fingerprint density at radius 3 is 2.17 bits per heavy atom. The van der Waals surface area contributed by atoms with E-state index in [0.717, 1.165) is 0 Å². The molecule has 1 N–H and O–H groups in total. The minimum absolute atomic E-state index is 0.239. The Labute approximate surface area is 154 Å². The van der Waals surface area contributed by atoms with Gasteiger partial charge in [0.25, 0.3) is 0 Å². The molecule has 2 rings (SSSR count). The molecule has 0 bridgehead atoms. The summed E-state index contributed by atoms with van der Waals surface area (Å²) in [5.74, 6) is 0. The van der Waals surface area contributed by atoms with E-state index < -0.39 is 28.9 Å². The van der Waals surface area contributed by atoms with Crippen LogP contribution < -0.4 is 8.99 Å². The van der Waals surface area contributed by atoms with E-state index in [1.165, 1.54) is 5.56 Å². The zero-order chi connectivity index (χ0) is 17.4. The van der Waals surface area contributed by atoms with Crippen LogP contribution in [0.15, 0.2) is 44.9 Å². The van der Waals surface area contributed by atoms with Crippen LogP contribution in [0.2, 0.25) is 5.04 Å². The van der Waals surface area contributed by atoms with Gasteiger partial charge < -0.3 is 0 Å². The van der Waals surface area contributed by atoms with Crippen LogP contribution in [0.1, 0.15) is 54.0 Å². The minimum atomic E-state index is -0.940. The van der Waals surface area contributed by atoms with E-state index in [0.29, 0.717) is 5.04 Å². The van der Waals surface area contributed by atoms with Gasteiger partial charge in [0.15, 0.2) is 0 Å². The van der Waals surface area contributed by atoms with Gasteiger partial charge in [-0.05, 0) is 0 Å². The molecule has 0 radical (unpaired) electrons. The first-order valence-corrected chi connectivity index (χ1v) is 12.4. The maximum atomic E-state index is 3.92. The summed E-state index contributed by atoms with van der Waals surface area (Å²) in [7, 11) is -0.392. The van der Waals surface area contributed by atoms with Crippen molar-refractivity contribution in [2.45, 2.75) is 66.0 Å². The third kappa shape index (κ3) is 3.99. The fourth-order valence-electron chi connectivity index (χ4n) is 3.67. The normalized spacial score (nSPS) is 23.3. The van der Waals surface area contributed by atoms with Crippen molar-refractivity contribution in [2.24, 2.45) is 0 Å². The van der Waals surface area contributed by atoms with E-state index >= 15 is 0 Å². The van der Waals surface area contributed by atoms with E-state index in [2.05, 4.69) is 83.5 Å². The van der Waals surface area contributed by atoms with Crippen LogP contribution in [0.4, 0.5) is 0 Å². The molecule has 1 aliphatic rings. The molecule has 1 nitrogen and oxygen atoms in total. The van der Waals surface area contributed by atoms with Crippen molar-refractivity contribution in [2.75, 3.05) is 0 Å². The second kappa shape index (κ2) is 6.84. The van der Waals surface area contributed by atoms with Gasteiger partial charge in [0.05, 0.1) is 0 Å². The summed E-state index contributed by atoms with van der Waals surface area (Å²) in [6, 6.07) is 9.02. The van der Waals surface area contributed by atoms with Crippen molar-refractivity contribution in [1.29, 1.82) is 0 Å². The standard InChI is InChI=1S/C16H21Si.C4H10N.Ti.2H/c1-11-8-6-7-9-15(11)17-16(5)10-12(2)13(3)14(16)4;1-4(2,3)5;;;/h6-9H,17H2,1-5H3;5H,1-3H3;;;/q;-1;+1;;. The van der Waals surface area contributed by atoms with Crippen molar-refractivity contribution < 1.29 is 19.4 Å². The Balaban J connectivity index is 2.38. The van der Waals surface area contributed by atoms with Gasteiger partial charge >= 0.3 is 154 Å². The number of benzene rings is 1. The molecule has 0 saturated carbocycles. The summed E-state index contributed by atoms with van der Waals surface area (Å²) in [5, 5.41) is 1.98. The zero-order valence-corrected chi connectivity index (χ0v) is 19.8. The number of allylic oxidation sites excluding steroid dienone is 4. The molecule has 1 aliphatic carbocycles.